The van der Waals surface area contributed by atoms with E-state index < -0.39 is 0 Å². The Morgan fingerprint density at radius 3 is 2.81 bits per heavy atom. The molecule has 6 heteroatoms. The average Bonchev–Trinajstić information content (AvgIpc) is 3.23. The Hall–Kier alpha value is -2.60. The summed E-state index contributed by atoms with van der Waals surface area (Å²) in [6.45, 7) is 2.33. The van der Waals surface area contributed by atoms with Crippen LogP contribution in [0.1, 0.15) is 41.8 Å². The minimum atomic E-state index is -0.117. The lowest BCUT2D eigenvalue weighted by atomic mass is 10.0. The first kappa shape index (κ1) is 19.2. The zero-order valence-electron chi connectivity index (χ0n) is 15.4. The summed E-state index contributed by atoms with van der Waals surface area (Å²) in [5.74, 6) is 0.237. The highest BCUT2D eigenvalue weighted by Gasteiger charge is 2.26. The number of nitrogens with zero attached hydrogens (tertiary/aromatic N) is 1. The first-order chi connectivity index (χ1) is 13.2. The van der Waals surface area contributed by atoms with E-state index >= 15 is 0 Å². The zero-order valence-corrected chi connectivity index (χ0v) is 15.4. The number of benzene rings is 1. The smallest absolute Gasteiger partial charge is 0.289 e. The van der Waals surface area contributed by atoms with Crippen LogP contribution in [0.4, 0.5) is 0 Å². The molecule has 0 bridgehead atoms. The quantitative estimate of drug-likeness (QED) is 0.725. The molecule has 1 aromatic carbocycles. The van der Waals surface area contributed by atoms with Crippen molar-refractivity contribution in [2.24, 2.45) is 0 Å². The van der Waals surface area contributed by atoms with Crippen molar-refractivity contribution in [1.29, 1.82) is 0 Å². The number of amides is 2. The maximum absolute atomic E-state index is 12.4. The van der Waals surface area contributed by atoms with Crippen LogP contribution in [-0.2, 0) is 16.1 Å². The molecule has 0 aliphatic carbocycles. The van der Waals surface area contributed by atoms with Gasteiger partial charge < -0.3 is 19.4 Å². The van der Waals surface area contributed by atoms with Gasteiger partial charge in [-0.2, -0.15) is 0 Å². The van der Waals surface area contributed by atoms with Crippen molar-refractivity contribution in [3.05, 3.63) is 60.1 Å². The first-order valence-electron chi connectivity index (χ1n) is 9.46. The molecule has 1 saturated heterocycles. The van der Waals surface area contributed by atoms with E-state index in [1.54, 1.807) is 17.0 Å². The SMILES string of the molecule is O=C(CCCOCc1ccccc1)NC1CCCN(C(=O)c2ccco2)C1. The van der Waals surface area contributed by atoms with E-state index in [1.807, 2.05) is 30.3 Å². The van der Waals surface area contributed by atoms with Crippen LogP contribution in [0.2, 0.25) is 0 Å². The van der Waals surface area contributed by atoms with Gasteiger partial charge >= 0.3 is 0 Å². The Labute approximate surface area is 159 Å². The Kier molecular flexibility index (Phi) is 7.04. The fraction of sp³-hybridized carbons (Fsp3) is 0.429. The van der Waals surface area contributed by atoms with Crippen LogP contribution in [-0.4, -0.2) is 42.5 Å². The highest BCUT2D eigenvalue weighted by atomic mass is 16.5. The molecule has 0 radical (unpaired) electrons. The highest BCUT2D eigenvalue weighted by molar-refractivity contribution is 5.91. The van der Waals surface area contributed by atoms with Crippen LogP contribution < -0.4 is 5.32 Å². The number of carbonyl (C=O) groups excluding carboxylic acids is 2. The van der Waals surface area contributed by atoms with Gasteiger partial charge in [-0.1, -0.05) is 30.3 Å². The molecule has 2 amide bonds. The minimum absolute atomic E-state index is 0.00426. The molecule has 1 unspecified atom stereocenters. The molecule has 1 aromatic heterocycles. The zero-order chi connectivity index (χ0) is 18.9. The van der Waals surface area contributed by atoms with E-state index in [4.69, 9.17) is 9.15 Å². The highest BCUT2D eigenvalue weighted by Crippen LogP contribution is 2.14. The lowest BCUT2D eigenvalue weighted by Crippen LogP contribution is -2.49. The van der Waals surface area contributed by atoms with Crippen LogP contribution in [0.3, 0.4) is 0 Å². The van der Waals surface area contributed by atoms with Crippen molar-refractivity contribution in [2.75, 3.05) is 19.7 Å². The van der Waals surface area contributed by atoms with Crippen molar-refractivity contribution in [1.82, 2.24) is 10.2 Å². The predicted molar refractivity (Wildman–Crippen MR) is 101 cm³/mol. The predicted octanol–water partition coefficient (Wildman–Crippen LogP) is 3.00. The number of likely N-dealkylation sites (tertiary alicyclic amines) is 1. The summed E-state index contributed by atoms with van der Waals surface area (Å²) in [5.41, 5.74) is 1.13. The van der Waals surface area contributed by atoms with Crippen molar-refractivity contribution in [3.63, 3.8) is 0 Å². The van der Waals surface area contributed by atoms with Crippen molar-refractivity contribution in [2.45, 2.75) is 38.3 Å². The number of piperidine rings is 1. The third kappa shape index (κ3) is 5.96. The number of hydrogen-bond donors (Lipinski definition) is 1. The summed E-state index contributed by atoms with van der Waals surface area (Å²) in [7, 11) is 0. The van der Waals surface area contributed by atoms with Crippen LogP contribution in [0.5, 0.6) is 0 Å². The van der Waals surface area contributed by atoms with Gasteiger partial charge in [0.1, 0.15) is 0 Å². The summed E-state index contributed by atoms with van der Waals surface area (Å²) in [5, 5.41) is 3.04. The van der Waals surface area contributed by atoms with E-state index in [9.17, 15) is 9.59 Å². The lowest BCUT2D eigenvalue weighted by Gasteiger charge is -2.32. The molecule has 144 valence electrons. The van der Waals surface area contributed by atoms with E-state index in [0.29, 0.717) is 44.9 Å². The third-order valence-electron chi connectivity index (χ3n) is 4.61. The van der Waals surface area contributed by atoms with E-state index in [2.05, 4.69) is 5.32 Å². The summed E-state index contributed by atoms with van der Waals surface area (Å²) in [4.78, 5) is 26.3. The maximum atomic E-state index is 12.4. The molecule has 1 fully saturated rings. The Balaban J connectivity index is 1.33. The maximum Gasteiger partial charge on any atom is 0.289 e. The number of hydrogen-bond acceptors (Lipinski definition) is 4. The number of furan rings is 1. The Morgan fingerprint density at radius 2 is 2.04 bits per heavy atom. The molecule has 1 N–H and O–H groups in total. The van der Waals surface area contributed by atoms with Gasteiger partial charge in [-0.05, 0) is 37.0 Å². The van der Waals surface area contributed by atoms with Crippen molar-refractivity contribution in [3.8, 4) is 0 Å². The molecule has 1 aliphatic heterocycles. The van der Waals surface area contributed by atoms with E-state index in [-0.39, 0.29) is 17.9 Å². The second kappa shape index (κ2) is 9.92. The van der Waals surface area contributed by atoms with Gasteiger partial charge in [-0.25, -0.2) is 0 Å². The molecular weight excluding hydrogens is 344 g/mol. The standard InChI is InChI=1S/C21H26N2O4/c24-20(11-6-13-26-16-17-7-2-1-3-8-17)22-18-9-4-12-23(15-18)21(25)19-10-5-14-27-19/h1-3,5,7-8,10,14,18H,4,6,9,11-13,15-16H2,(H,22,24). The summed E-state index contributed by atoms with van der Waals surface area (Å²) >= 11 is 0. The van der Waals surface area contributed by atoms with Crippen LogP contribution >= 0.6 is 0 Å². The van der Waals surface area contributed by atoms with Crippen LogP contribution in [0.15, 0.2) is 53.1 Å². The molecule has 0 spiro atoms. The molecule has 6 nitrogen and oxygen atoms in total. The Morgan fingerprint density at radius 1 is 1.19 bits per heavy atom. The van der Waals surface area contributed by atoms with Gasteiger partial charge in [0, 0.05) is 32.2 Å². The molecule has 27 heavy (non-hydrogen) atoms. The summed E-state index contributed by atoms with van der Waals surface area (Å²) in [6.07, 6.45) is 4.36. The van der Waals surface area contributed by atoms with E-state index in [0.717, 1.165) is 18.4 Å². The second-order valence-corrected chi connectivity index (χ2v) is 6.78. The number of nitrogens with one attached hydrogen (secondary N) is 1. The van der Waals surface area contributed by atoms with E-state index in [1.165, 1.54) is 6.26 Å². The molecule has 2 heterocycles. The number of rotatable bonds is 8. The minimum Gasteiger partial charge on any atom is -0.459 e. The van der Waals surface area contributed by atoms with Gasteiger partial charge in [0.25, 0.3) is 5.91 Å². The molecule has 3 rings (SSSR count). The van der Waals surface area contributed by atoms with Gasteiger partial charge in [0.15, 0.2) is 5.76 Å². The molecule has 2 aromatic rings. The number of ether oxygens (including phenoxy) is 1. The summed E-state index contributed by atoms with van der Waals surface area (Å²) < 4.78 is 10.8. The van der Waals surface area contributed by atoms with Crippen molar-refractivity contribution < 1.29 is 18.7 Å². The fourth-order valence-electron chi connectivity index (χ4n) is 3.23. The summed E-state index contributed by atoms with van der Waals surface area (Å²) in [6, 6.07) is 13.3. The van der Waals surface area contributed by atoms with Crippen LogP contribution in [0.25, 0.3) is 0 Å². The third-order valence-corrected chi connectivity index (χ3v) is 4.61. The molecule has 1 atom stereocenters. The fourth-order valence-corrected chi connectivity index (χ4v) is 3.23. The topological polar surface area (TPSA) is 71.8 Å². The average molecular weight is 370 g/mol. The van der Waals surface area contributed by atoms with Gasteiger partial charge in [-0.15, -0.1) is 0 Å². The molecular formula is C21H26N2O4. The van der Waals surface area contributed by atoms with Crippen molar-refractivity contribution >= 4 is 11.8 Å². The van der Waals surface area contributed by atoms with Gasteiger partial charge in [0.2, 0.25) is 5.91 Å². The monoisotopic (exact) mass is 370 g/mol. The largest absolute Gasteiger partial charge is 0.459 e. The molecule has 1 aliphatic rings. The second-order valence-electron chi connectivity index (χ2n) is 6.78. The lowest BCUT2D eigenvalue weighted by molar-refractivity contribution is -0.122. The first-order valence-corrected chi connectivity index (χ1v) is 9.46. The van der Waals surface area contributed by atoms with Gasteiger partial charge in [-0.3, -0.25) is 9.59 Å². The number of carbonyl (C=O) groups is 2. The normalized spacial score (nSPS) is 16.9. The van der Waals surface area contributed by atoms with Crippen LogP contribution in [0, 0.1) is 0 Å². The van der Waals surface area contributed by atoms with Gasteiger partial charge in [0.05, 0.1) is 12.9 Å². The Bertz CT molecular complexity index is 715. The molecule has 0 saturated carbocycles.